The first-order valence-electron chi connectivity index (χ1n) is 10.4. The lowest BCUT2D eigenvalue weighted by molar-refractivity contribution is -0.207. The molecular weight excluding hydrogens is 364 g/mol. The van der Waals surface area contributed by atoms with Gasteiger partial charge in [-0.05, 0) is 19.3 Å². The molecule has 7 nitrogen and oxygen atoms in total. The van der Waals surface area contributed by atoms with Crippen molar-refractivity contribution in [2.24, 2.45) is 0 Å². The second kappa shape index (κ2) is 7.76. The Morgan fingerprint density at radius 2 is 1.82 bits per heavy atom. The van der Waals surface area contributed by atoms with Gasteiger partial charge in [0.15, 0.2) is 5.79 Å². The third-order valence-corrected chi connectivity index (χ3v) is 6.46. The maximum Gasteiger partial charge on any atom is 0.309 e. The summed E-state index contributed by atoms with van der Waals surface area (Å²) < 4.78 is 29.7. The molecule has 5 atom stereocenters. The van der Waals surface area contributed by atoms with Crippen LogP contribution in [-0.2, 0) is 33.3 Å². The summed E-state index contributed by atoms with van der Waals surface area (Å²) in [6, 6.07) is 0. The van der Waals surface area contributed by atoms with Crippen molar-refractivity contribution in [2.75, 3.05) is 7.11 Å². The van der Waals surface area contributed by atoms with Crippen molar-refractivity contribution in [1.29, 1.82) is 0 Å². The van der Waals surface area contributed by atoms with E-state index in [0.717, 1.165) is 25.7 Å². The maximum atomic E-state index is 11.9. The average molecular weight is 394 g/mol. The first-order chi connectivity index (χ1) is 13.5. The monoisotopic (exact) mass is 394 g/mol. The predicted octanol–water partition coefficient (Wildman–Crippen LogP) is 2.80. The smallest absolute Gasteiger partial charge is 0.309 e. The summed E-state index contributed by atoms with van der Waals surface area (Å²) in [5.41, 5.74) is -0.698. The lowest BCUT2D eigenvalue weighted by Crippen LogP contribution is -2.50. The van der Waals surface area contributed by atoms with Crippen LogP contribution in [0.15, 0.2) is 12.2 Å². The van der Waals surface area contributed by atoms with Crippen molar-refractivity contribution in [1.82, 2.24) is 0 Å². The van der Waals surface area contributed by atoms with Crippen molar-refractivity contribution < 1.29 is 33.3 Å². The SMILES string of the molecule is COC(=O)C/C=C/CC1O[C@@H]2C[C@@]1(OC(C)=O)C[C@H]1OC3(CCCCC3)O[C@@H]21. The summed E-state index contributed by atoms with van der Waals surface area (Å²) in [5.74, 6) is -1.07. The van der Waals surface area contributed by atoms with Crippen LogP contribution in [0.5, 0.6) is 0 Å². The average Bonchev–Trinajstić information content (AvgIpc) is 3.15. The molecule has 2 aliphatic heterocycles. The van der Waals surface area contributed by atoms with E-state index in [1.165, 1.54) is 20.5 Å². The number of ether oxygens (including phenoxy) is 5. The number of hydrogen-bond acceptors (Lipinski definition) is 7. The van der Waals surface area contributed by atoms with Gasteiger partial charge in [-0.15, -0.1) is 0 Å². The number of methoxy groups -OCH3 is 1. The maximum absolute atomic E-state index is 11.9. The van der Waals surface area contributed by atoms with E-state index in [-0.39, 0.29) is 42.8 Å². The van der Waals surface area contributed by atoms with Crippen LogP contribution in [0, 0.1) is 0 Å². The van der Waals surface area contributed by atoms with E-state index in [4.69, 9.17) is 18.9 Å². The van der Waals surface area contributed by atoms with E-state index in [1.54, 1.807) is 6.08 Å². The predicted molar refractivity (Wildman–Crippen MR) is 98.3 cm³/mol. The molecule has 0 N–H and O–H groups in total. The topological polar surface area (TPSA) is 80.3 Å². The Morgan fingerprint density at radius 3 is 2.54 bits per heavy atom. The zero-order valence-electron chi connectivity index (χ0n) is 16.7. The fourth-order valence-corrected chi connectivity index (χ4v) is 5.29. The van der Waals surface area contributed by atoms with Gasteiger partial charge < -0.3 is 23.7 Å². The van der Waals surface area contributed by atoms with Gasteiger partial charge in [-0.1, -0.05) is 18.6 Å². The fraction of sp³-hybridized carbons (Fsp3) is 0.810. The molecule has 2 heterocycles. The van der Waals surface area contributed by atoms with E-state index in [2.05, 4.69) is 4.74 Å². The van der Waals surface area contributed by atoms with Gasteiger partial charge in [-0.2, -0.15) is 0 Å². The quantitative estimate of drug-likeness (QED) is 0.524. The number of esters is 2. The normalized spacial score (nSPS) is 38.5. The Labute approximate surface area is 165 Å². The molecule has 4 rings (SSSR count). The highest BCUT2D eigenvalue weighted by molar-refractivity contribution is 5.70. The highest BCUT2D eigenvalue weighted by Crippen LogP contribution is 2.53. The molecule has 0 aromatic carbocycles. The number of rotatable bonds is 5. The highest BCUT2D eigenvalue weighted by atomic mass is 16.8. The molecular formula is C21H30O7. The van der Waals surface area contributed by atoms with E-state index in [1.807, 2.05) is 6.08 Å². The van der Waals surface area contributed by atoms with Gasteiger partial charge in [-0.25, -0.2) is 0 Å². The second-order valence-corrected chi connectivity index (χ2v) is 8.43. The summed E-state index contributed by atoms with van der Waals surface area (Å²) in [5, 5.41) is 0. The standard InChI is InChI=1S/C21H30O7/c1-14(22)26-20-12-15(25-17(20)8-4-5-9-18(23)24-2)19-16(13-20)27-21(28-19)10-6-3-7-11-21/h4-5,15-17,19H,3,6-13H2,1-2H3/b5-4+/t15-,16-,17?,19+,20-/m1/s1. The molecule has 0 aromatic heterocycles. The first kappa shape index (κ1) is 19.9. The van der Waals surface area contributed by atoms with Gasteiger partial charge in [-0.3, -0.25) is 9.59 Å². The van der Waals surface area contributed by atoms with Gasteiger partial charge in [0.2, 0.25) is 0 Å². The van der Waals surface area contributed by atoms with Gasteiger partial charge >= 0.3 is 11.9 Å². The molecule has 7 heteroatoms. The number of carbonyl (C=O) groups excluding carboxylic acids is 2. The van der Waals surface area contributed by atoms with Crippen LogP contribution in [-0.4, -0.2) is 54.9 Å². The molecule has 2 saturated heterocycles. The van der Waals surface area contributed by atoms with Gasteiger partial charge in [0.25, 0.3) is 0 Å². The fourth-order valence-electron chi connectivity index (χ4n) is 5.29. The Balaban J connectivity index is 1.47. The summed E-state index contributed by atoms with van der Waals surface area (Å²) in [6.45, 7) is 1.44. The summed E-state index contributed by atoms with van der Waals surface area (Å²) in [4.78, 5) is 23.1. The molecule has 156 valence electrons. The Bertz CT molecular complexity index is 639. The first-order valence-corrected chi connectivity index (χ1v) is 10.4. The minimum Gasteiger partial charge on any atom is -0.469 e. The summed E-state index contributed by atoms with van der Waals surface area (Å²) in [7, 11) is 1.37. The van der Waals surface area contributed by atoms with Crippen molar-refractivity contribution >= 4 is 11.9 Å². The Kier molecular flexibility index (Phi) is 5.51. The Morgan fingerprint density at radius 1 is 1.07 bits per heavy atom. The van der Waals surface area contributed by atoms with E-state index < -0.39 is 11.4 Å². The third-order valence-electron chi connectivity index (χ3n) is 6.46. The second-order valence-electron chi connectivity index (χ2n) is 8.43. The van der Waals surface area contributed by atoms with Crippen LogP contribution in [0.25, 0.3) is 0 Å². The van der Waals surface area contributed by atoms with Gasteiger partial charge in [0.05, 0.1) is 25.7 Å². The van der Waals surface area contributed by atoms with Crippen LogP contribution in [0.1, 0.15) is 64.7 Å². The van der Waals surface area contributed by atoms with Crippen LogP contribution in [0.3, 0.4) is 0 Å². The van der Waals surface area contributed by atoms with Gasteiger partial charge in [0.1, 0.15) is 17.8 Å². The third kappa shape index (κ3) is 3.72. The van der Waals surface area contributed by atoms with Crippen LogP contribution >= 0.6 is 0 Å². The van der Waals surface area contributed by atoms with E-state index >= 15 is 0 Å². The van der Waals surface area contributed by atoms with Gasteiger partial charge in [0, 0.05) is 32.6 Å². The minimum atomic E-state index is -0.698. The molecule has 0 aromatic rings. The molecule has 1 unspecified atom stereocenters. The van der Waals surface area contributed by atoms with E-state index in [9.17, 15) is 9.59 Å². The number of carbonyl (C=O) groups is 2. The molecule has 28 heavy (non-hydrogen) atoms. The minimum absolute atomic E-state index is 0.106. The molecule has 0 amide bonds. The van der Waals surface area contributed by atoms with Crippen molar-refractivity contribution in [2.45, 2.75) is 101 Å². The lowest BCUT2D eigenvalue weighted by atomic mass is 9.78. The lowest BCUT2D eigenvalue weighted by Gasteiger charge is -2.37. The van der Waals surface area contributed by atoms with Crippen molar-refractivity contribution in [3.05, 3.63) is 12.2 Å². The number of hydrogen-bond donors (Lipinski definition) is 0. The van der Waals surface area contributed by atoms with Crippen molar-refractivity contribution in [3.8, 4) is 0 Å². The zero-order chi connectivity index (χ0) is 19.8. The summed E-state index contributed by atoms with van der Waals surface area (Å²) in [6.07, 6.45) is 10.3. The molecule has 4 fully saturated rings. The molecule has 2 bridgehead atoms. The largest absolute Gasteiger partial charge is 0.469 e. The Hall–Kier alpha value is -1.44. The number of fused-ring (bicyclic) bond motifs is 4. The van der Waals surface area contributed by atoms with Crippen LogP contribution < -0.4 is 0 Å². The van der Waals surface area contributed by atoms with Crippen LogP contribution in [0.2, 0.25) is 0 Å². The summed E-state index contributed by atoms with van der Waals surface area (Å²) >= 11 is 0. The van der Waals surface area contributed by atoms with E-state index in [0.29, 0.717) is 19.3 Å². The van der Waals surface area contributed by atoms with Crippen molar-refractivity contribution in [3.63, 3.8) is 0 Å². The molecule has 2 aliphatic carbocycles. The highest BCUT2D eigenvalue weighted by Gasteiger charge is 2.64. The molecule has 2 saturated carbocycles. The molecule has 0 radical (unpaired) electrons. The zero-order valence-corrected chi connectivity index (χ0v) is 16.7. The molecule has 1 spiro atoms. The van der Waals surface area contributed by atoms with Crippen LogP contribution in [0.4, 0.5) is 0 Å². The molecule has 4 aliphatic rings.